The Balaban J connectivity index is 2.05. The molecule has 1 aromatic carbocycles. The summed E-state index contributed by atoms with van der Waals surface area (Å²) in [4.78, 5) is 2.53. The van der Waals surface area contributed by atoms with E-state index in [-0.39, 0.29) is 0 Å². The minimum Gasteiger partial charge on any atom is -0.379 e. The number of nitrogens with zero attached hydrogens (tertiary/aromatic N) is 2. The van der Waals surface area contributed by atoms with Crippen LogP contribution in [0.25, 0.3) is 0 Å². The zero-order valence-electron chi connectivity index (χ0n) is 11.8. The van der Waals surface area contributed by atoms with Gasteiger partial charge in [0.15, 0.2) is 0 Å². The van der Waals surface area contributed by atoms with Crippen molar-refractivity contribution in [2.45, 2.75) is 26.3 Å². The van der Waals surface area contributed by atoms with Gasteiger partial charge in [0.25, 0.3) is 0 Å². The summed E-state index contributed by atoms with van der Waals surface area (Å²) >= 11 is 0. The third-order valence-electron chi connectivity index (χ3n) is 3.81. The van der Waals surface area contributed by atoms with Crippen LogP contribution in [0, 0.1) is 17.2 Å². The van der Waals surface area contributed by atoms with E-state index < -0.39 is 0 Å². The second-order valence-corrected chi connectivity index (χ2v) is 5.47. The quantitative estimate of drug-likeness (QED) is 0.832. The molecule has 1 heterocycles. The van der Waals surface area contributed by atoms with E-state index in [1.807, 2.05) is 12.1 Å². The molecule has 1 aliphatic heterocycles. The summed E-state index contributed by atoms with van der Waals surface area (Å²) in [5, 5.41) is 8.83. The topological polar surface area (TPSA) is 36.3 Å². The van der Waals surface area contributed by atoms with Crippen LogP contribution < -0.4 is 0 Å². The molecule has 1 aliphatic rings. The van der Waals surface area contributed by atoms with Crippen molar-refractivity contribution in [3.63, 3.8) is 0 Å². The first kappa shape index (κ1) is 14.0. The van der Waals surface area contributed by atoms with Crippen molar-refractivity contribution < 1.29 is 4.74 Å². The Morgan fingerprint density at radius 3 is 2.37 bits per heavy atom. The van der Waals surface area contributed by atoms with E-state index in [9.17, 15) is 0 Å². The third-order valence-corrected chi connectivity index (χ3v) is 3.81. The van der Waals surface area contributed by atoms with E-state index in [4.69, 9.17) is 10.00 Å². The summed E-state index contributed by atoms with van der Waals surface area (Å²) in [6.45, 7) is 8.30. The average Bonchev–Trinajstić information content (AvgIpc) is 2.46. The monoisotopic (exact) mass is 258 g/mol. The minimum absolute atomic E-state index is 0.553. The molecule has 3 nitrogen and oxygen atoms in total. The molecule has 1 fully saturated rings. The van der Waals surface area contributed by atoms with Crippen molar-refractivity contribution in [3.05, 3.63) is 35.4 Å². The van der Waals surface area contributed by atoms with Gasteiger partial charge in [-0.3, -0.25) is 4.90 Å². The molecule has 102 valence electrons. The fourth-order valence-electron chi connectivity index (χ4n) is 2.65. The summed E-state index contributed by atoms with van der Waals surface area (Å²) in [7, 11) is 0. The van der Waals surface area contributed by atoms with Crippen LogP contribution >= 0.6 is 0 Å². The van der Waals surface area contributed by atoms with E-state index >= 15 is 0 Å². The summed E-state index contributed by atoms with van der Waals surface area (Å²) in [5.74, 6) is 0.619. The van der Waals surface area contributed by atoms with Crippen molar-refractivity contribution >= 4 is 0 Å². The van der Waals surface area contributed by atoms with Gasteiger partial charge in [0, 0.05) is 19.1 Å². The molecular weight excluding hydrogens is 236 g/mol. The highest BCUT2D eigenvalue weighted by Gasteiger charge is 2.23. The number of ether oxygens (including phenoxy) is 1. The van der Waals surface area contributed by atoms with Crippen LogP contribution in [0.3, 0.4) is 0 Å². The normalized spacial score (nSPS) is 18.2. The molecule has 3 heteroatoms. The molecule has 0 N–H and O–H groups in total. The number of hydrogen-bond acceptors (Lipinski definition) is 3. The van der Waals surface area contributed by atoms with Crippen LogP contribution in [-0.4, -0.2) is 37.2 Å². The van der Waals surface area contributed by atoms with Crippen LogP contribution in [0.5, 0.6) is 0 Å². The van der Waals surface area contributed by atoms with Crippen molar-refractivity contribution in [1.82, 2.24) is 4.90 Å². The third kappa shape index (κ3) is 3.79. The van der Waals surface area contributed by atoms with E-state index in [1.165, 1.54) is 5.56 Å². The lowest BCUT2D eigenvalue weighted by molar-refractivity contribution is 0.00641. The fraction of sp³-hybridized carbons (Fsp3) is 0.562. The Bertz CT molecular complexity index is 427. The van der Waals surface area contributed by atoms with Crippen LogP contribution in [-0.2, 0) is 11.2 Å². The van der Waals surface area contributed by atoms with Gasteiger partial charge < -0.3 is 4.74 Å². The predicted molar refractivity (Wildman–Crippen MR) is 75.9 cm³/mol. The Hall–Kier alpha value is -1.37. The van der Waals surface area contributed by atoms with E-state index in [0.717, 1.165) is 38.3 Å². The molecule has 0 radical (unpaired) electrons. The summed E-state index contributed by atoms with van der Waals surface area (Å²) < 4.78 is 5.43. The zero-order chi connectivity index (χ0) is 13.7. The van der Waals surface area contributed by atoms with E-state index in [0.29, 0.717) is 12.0 Å². The number of morpholine rings is 1. The van der Waals surface area contributed by atoms with Crippen molar-refractivity contribution in [2.75, 3.05) is 26.3 Å². The Morgan fingerprint density at radius 1 is 1.21 bits per heavy atom. The van der Waals surface area contributed by atoms with Gasteiger partial charge in [-0.15, -0.1) is 0 Å². The molecule has 19 heavy (non-hydrogen) atoms. The highest BCUT2D eigenvalue weighted by atomic mass is 16.5. The van der Waals surface area contributed by atoms with Crippen LogP contribution in [0.1, 0.15) is 25.0 Å². The van der Waals surface area contributed by atoms with Crippen molar-refractivity contribution in [1.29, 1.82) is 5.26 Å². The van der Waals surface area contributed by atoms with Gasteiger partial charge in [-0.2, -0.15) is 5.26 Å². The zero-order valence-corrected chi connectivity index (χ0v) is 11.8. The van der Waals surface area contributed by atoms with E-state index in [1.54, 1.807) is 0 Å². The van der Waals surface area contributed by atoms with Crippen molar-refractivity contribution in [3.8, 4) is 6.07 Å². The van der Waals surface area contributed by atoms with Crippen LogP contribution in [0.2, 0.25) is 0 Å². The average molecular weight is 258 g/mol. The molecule has 0 unspecified atom stereocenters. The maximum atomic E-state index is 8.83. The van der Waals surface area contributed by atoms with Gasteiger partial charge >= 0.3 is 0 Å². The van der Waals surface area contributed by atoms with Gasteiger partial charge in [-0.25, -0.2) is 0 Å². The van der Waals surface area contributed by atoms with Gasteiger partial charge in [-0.1, -0.05) is 26.0 Å². The second kappa shape index (κ2) is 6.70. The smallest absolute Gasteiger partial charge is 0.0991 e. The SMILES string of the molecule is CC(C)[C@H](Cc1ccc(C#N)cc1)N1CCOCC1. The lowest BCUT2D eigenvalue weighted by Crippen LogP contribution is -2.47. The first-order valence-electron chi connectivity index (χ1n) is 7.01. The molecule has 0 amide bonds. The number of nitriles is 1. The van der Waals surface area contributed by atoms with Gasteiger partial charge in [-0.05, 0) is 30.0 Å². The van der Waals surface area contributed by atoms with Gasteiger partial charge in [0.05, 0.1) is 24.8 Å². The summed E-state index contributed by atoms with van der Waals surface area (Å²) in [5.41, 5.74) is 2.04. The Kier molecular flexibility index (Phi) is 4.95. The van der Waals surface area contributed by atoms with Gasteiger partial charge in [0.2, 0.25) is 0 Å². The highest BCUT2D eigenvalue weighted by molar-refractivity contribution is 5.31. The largest absolute Gasteiger partial charge is 0.379 e. The van der Waals surface area contributed by atoms with Crippen molar-refractivity contribution in [2.24, 2.45) is 5.92 Å². The van der Waals surface area contributed by atoms with Gasteiger partial charge in [0.1, 0.15) is 0 Å². The molecule has 1 saturated heterocycles. The standard InChI is InChI=1S/C16H22N2O/c1-13(2)16(18-7-9-19-10-8-18)11-14-3-5-15(12-17)6-4-14/h3-6,13,16H,7-11H2,1-2H3/t16-/m0/s1. The molecule has 1 atom stereocenters. The predicted octanol–water partition coefficient (Wildman–Crippen LogP) is 2.46. The molecule has 0 aliphatic carbocycles. The maximum absolute atomic E-state index is 8.83. The Labute approximate surface area is 115 Å². The fourth-order valence-corrected chi connectivity index (χ4v) is 2.65. The molecule has 2 rings (SSSR count). The number of rotatable bonds is 4. The molecule has 0 bridgehead atoms. The van der Waals surface area contributed by atoms with E-state index in [2.05, 4.69) is 36.9 Å². The van der Waals surface area contributed by atoms with Crippen LogP contribution in [0.4, 0.5) is 0 Å². The molecular formula is C16H22N2O. The lowest BCUT2D eigenvalue weighted by atomic mass is 9.94. The Morgan fingerprint density at radius 2 is 1.84 bits per heavy atom. The second-order valence-electron chi connectivity index (χ2n) is 5.47. The highest BCUT2D eigenvalue weighted by Crippen LogP contribution is 2.18. The number of benzene rings is 1. The minimum atomic E-state index is 0.553. The summed E-state index contributed by atoms with van der Waals surface area (Å²) in [6.07, 6.45) is 1.05. The number of hydrogen-bond donors (Lipinski definition) is 0. The first-order chi connectivity index (χ1) is 9.20. The van der Waals surface area contributed by atoms with Crippen LogP contribution in [0.15, 0.2) is 24.3 Å². The first-order valence-corrected chi connectivity index (χ1v) is 7.01. The summed E-state index contributed by atoms with van der Waals surface area (Å²) in [6, 6.07) is 10.7. The molecule has 0 spiro atoms. The molecule has 0 saturated carbocycles. The lowest BCUT2D eigenvalue weighted by Gasteiger charge is -2.37. The molecule has 0 aromatic heterocycles. The maximum Gasteiger partial charge on any atom is 0.0991 e. The molecule has 1 aromatic rings.